The van der Waals surface area contributed by atoms with E-state index in [0.717, 1.165) is 18.7 Å². The highest BCUT2D eigenvalue weighted by atomic mass is 32.2. The molecule has 0 aromatic heterocycles. The van der Waals surface area contributed by atoms with Crippen LogP contribution in [0.5, 0.6) is 0 Å². The van der Waals surface area contributed by atoms with Gasteiger partial charge >= 0.3 is 6.03 Å². The van der Waals surface area contributed by atoms with Crippen LogP contribution in [0, 0.1) is 0 Å². The monoisotopic (exact) mass is 452 g/mol. The summed E-state index contributed by atoms with van der Waals surface area (Å²) in [5, 5.41) is 3.03. The smallest absolute Gasteiger partial charge is 0.317 e. The van der Waals surface area contributed by atoms with Crippen molar-refractivity contribution in [3.63, 3.8) is 0 Å². The summed E-state index contributed by atoms with van der Waals surface area (Å²) in [6, 6.07) is 6.96. The molecular formula is C22H36N4O4S. The zero-order valence-electron chi connectivity index (χ0n) is 19.1. The Hall–Kier alpha value is -1.68. The first-order valence-corrected chi connectivity index (χ1v) is 12.5. The van der Waals surface area contributed by atoms with Crippen molar-refractivity contribution in [2.45, 2.75) is 44.0 Å². The lowest BCUT2D eigenvalue weighted by atomic mass is 10.0. The van der Waals surface area contributed by atoms with Gasteiger partial charge in [0.1, 0.15) is 0 Å². The third-order valence-corrected chi connectivity index (χ3v) is 8.16. The fourth-order valence-electron chi connectivity index (χ4n) is 3.99. The Morgan fingerprint density at radius 1 is 1.03 bits per heavy atom. The van der Waals surface area contributed by atoms with Crippen molar-refractivity contribution in [2.24, 2.45) is 0 Å². The lowest BCUT2D eigenvalue weighted by molar-refractivity contribution is -0.00911. The lowest BCUT2D eigenvalue weighted by Gasteiger charge is -2.41. The van der Waals surface area contributed by atoms with Gasteiger partial charge in [-0.1, -0.05) is 26.0 Å². The van der Waals surface area contributed by atoms with Crippen LogP contribution in [0.4, 0.5) is 4.79 Å². The fourth-order valence-corrected chi connectivity index (χ4v) is 5.41. The van der Waals surface area contributed by atoms with Gasteiger partial charge in [0.05, 0.1) is 18.1 Å². The van der Waals surface area contributed by atoms with Gasteiger partial charge < -0.3 is 15.0 Å². The van der Waals surface area contributed by atoms with Gasteiger partial charge in [-0.2, -0.15) is 4.31 Å². The van der Waals surface area contributed by atoms with E-state index in [1.807, 2.05) is 12.1 Å². The van der Waals surface area contributed by atoms with Gasteiger partial charge in [0, 0.05) is 51.4 Å². The van der Waals surface area contributed by atoms with Gasteiger partial charge in [-0.05, 0) is 37.5 Å². The van der Waals surface area contributed by atoms with Crippen LogP contribution in [0.15, 0.2) is 29.2 Å². The number of ether oxygens (including phenoxy) is 1. The Morgan fingerprint density at radius 3 is 2.16 bits per heavy atom. The largest absolute Gasteiger partial charge is 0.379 e. The summed E-state index contributed by atoms with van der Waals surface area (Å²) in [5.41, 5.74) is 0.952. The molecule has 0 radical (unpaired) electrons. The Labute approximate surface area is 186 Å². The number of sulfonamides is 1. The molecule has 0 unspecified atom stereocenters. The van der Waals surface area contributed by atoms with E-state index in [-0.39, 0.29) is 11.6 Å². The number of morpholine rings is 1. The second-order valence-corrected chi connectivity index (χ2v) is 11.1. The van der Waals surface area contributed by atoms with Crippen molar-refractivity contribution < 1.29 is 17.9 Å². The molecule has 2 aliphatic heterocycles. The molecular weight excluding hydrogens is 416 g/mol. The number of urea groups is 1. The Balaban J connectivity index is 1.51. The van der Waals surface area contributed by atoms with Gasteiger partial charge in [0.2, 0.25) is 10.0 Å². The molecule has 2 heterocycles. The molecule has 0 saturated carbocycles. The molecule has 3 rings (SSSR count). The quantitative estimate of drug-likeness (QED) is 0.713. The van der Waals surface area contributed by atoms with Crippen LogP contribution < -0.4 is 5.32 Å². The predicted octanol–water partition coefficient (Wildman–Crippen LogP) is 1.94. The standard InChI is InChI=1S/C22H36N4O4S/c1-18(2)19-5-7-20(8-6-19)31(28,29)26-11-9-24(10-12-26)21(27)23-17-22(3,4)25-13-15-30-16-14-25/h5-8,18H,9-17H2,1-4H3,(H,23,27). The maximum Gasteiger partial charge on any atom is 0.317 e. The van der Waals surface area contributed by atoms with E-state index >= 15 is 0 Å². The predicted molar refractivity (Wildman–Crippen MR) is 121 cm³/mol. The number of nitrogens with zero attached hydrogens (tertiary/aromatic N) is 3. The summed E-state index contributed by atoms with van der Waals surface area (Å²) >= 11 is 0. The number of benzene rings is 1. The van der Waals surface area contributed by atoms with Crippen molar-refractivity contribution in [1.82, 2.24) is 19.4 Å². The highest BCUT2D eigenvalue weighted by molar-refractivity contribution is 7.89. The average Bonchev–Trinajstić information content (AvgIpc) is 2.78. The normalized spacial score (nSPS) is 19.6. The topological polar surface area (TPSA) is 82.2 Å². The van der Waals surface area contributed by atoms with Crippen LogP contribution in [-0.2, 0) is 14.8 Å². The summed E-state index contributed by atoms with van der Waals surface area (Å²) in [6.45, 7) is 13.4. The van der Waals surface area contributed by atoms with Crippen molar-refractivity contribution >= 4 is 16.1 Å². The summed E-state index contributed by atoms with van der Waals surface area (Å²) in [6.07, 6.45) is 0. The molecule has 9 heteroatoms. The van der Waals surface area contributed by atoms with Crippen LogP contribution >= 0.6 is 0 Å². The molecule has 2 saturated heterocycles. The van der Waals surface area contributed by atoms with Gasteiger partial charge in [0.15, 0.2) is 0 Å². The second kappa shape index (κ2) is 9.85. The van der Waals surface area contributed by atoms with Crippen LogP contribution in [0.3, 0.4) is 0 Å². The van der Waals surface area contributed by atoms with Crippen molar-refractivity contribution in [3.8, 4) is 0 Å². The van der Waals surface area contributed by atoms with E-state index in [4.69, 9.17) is 4.74 Å². The first kappa shape index (κ1) is 24.0. The molecule has 31 heavy (non-hydrogen) atoms. The molecule has 8 nitrogen and oxygen atoms in total. The SMILES string of the molecule is CC(C)c1ccc(S(=O)(=O)N2CCN(C(=O)NCC(C)(C)N3CCOCC3)CC2)cc1. The summed E-state index contributed by atoms with van der Waals surface area (Å²) in [5.74, 6) is 0.354. The van der Waals surface area contributed by atoms with E-state index < -0.39 is 10.0 Å². The number of nitrogens with one attached hydrogen (secondary N) is 1. The zero-order valence-corrected chi connectivity index (χ0v) is 20.0. The fraction of sp³-hybridized carbons (Fsp3) is 0.682. The molecule has 1 aromatic rings. The summed E-state index contributed by atoms with van der Waals surface area (Å²) in [4.78, 5) is 17.0. The van der Waals surface area contributed by atoms with Gasteiger partial charge in [0.25, 0.3) is 0 Å². The third-order valence-electron chi connectivity index (χ3n) is 6.25. The van der Waals surface area contributed by atoms with Crippen molar-refractivity contribution in [3.05, 3.63) is 29.8 Å². The Bertz CT molecular complexity index is 841. The molecule has 0 spiro atoms. The minimum absolute atomic E-state index is 0.139. The van der Waals surface area contributed by atoms with Gasteiger partial charge in [-0.25, -0.2) is 13.2 Å². The molecule has 1 aromatic carbocycles. The average molecular weight is 453 g/mol. The number of amides is 2. The van der Waals surface area contributed by atoms with E-state index in [1.165, 1.54) is 4.31 Å². The molecule has 2 amide bonds. The van der Waals surface area contributed by atoms with E-state index in [0.29, 0.717) is 56.8 Å². The lowest BCUT2D eigenvalue weighted by Crippen LogP contribution is -2.58. The van der Waals surface area contributed by atoms with Crippen molar-refractivity contribution in [2.75, 3.05) is 59.0 Å². The highest BCUT2D eigenvalue weighted by Gasteiger charge is 2.32. The van der Waals surface area contributed by atoms with E-state index in [1.54, 1.807) is 17.0 Å². The summed E-state index contributed by atoms with van der Waals surface area (Å²) < 4.78 is 32.8. The van der Waals surface area contributed by atoms with E-state index in [2.05, 4.69) is 37.9 Å². The number of rotatable bonds is 6. The number of piperazine rings is 1. The zero-order chi connectivity index (χ0) is 22.6. The van der Waals surface area contributed by atoms with Gasteiger partial charge in [-0.15, -0.1) is 0 Å². The number of hydrogen-bond acceptors (Lipinski definition) is 5. The van der Waals surface area contributed by atoms with Crippen LogP contribution in [0.25, 0.3) is 0 Å². The molecule has 0 atom stereocenters. The van der Waals surface area contributed by atoms with Crippen molar-refractivity contribution in [1.29, 1.82) is 0 Å². The molecule has 1 N–H and O–H groups in total. The minimum Gasteiger partial charge on any atom is -0.379 e. The van der Waals surface area contributed by atoms with Crippen LogP contribution in [-0.4, -0.2) is 93.1 Å². The Kier molecular flexibility index (Phi) is 7.62. The van der Waals surface area contributed by atoms with Crippen LogP contribution in [0.2, 0.25) is 0 Å². The first-order chi connectivity index (χ1) is 14.6. The molecule has 2 aliphatic rings. The highest BCUT2D eigenvalue weighted by Crippen LogP contribution is 2.21. The van der Waals surface area contributed by atoms with Gasteiger partial charge in [-0.3, -0.25) is 4.90 Å². The Morgan fingerprint density at radius 2 is 1.61 bits per heavy atom. The summed E-state index contributed by atoms with van der Waals surface area (Å²) in [7, 11) is -3.55. The third kappa shape index (κ3) is 5.77. The maximum atomic E-state index is 13.0. The van der Waals surface area contributed by atoms with E-state index in [9.17, 15) is 13.2 Å². The molecule has 0 bridgehead atoms. The molecule has 2 fully saturated rings. The maximum absolute atomic E-state index is 13.0. The number of carbonyl (C=O) groups is 1. The minimum atomic E-state index is -3.55. The molecule has 0 aliphatic carbocycles. The number of carbonyl (C=O) groups excluding carboxylic acids is 1. The first-order valence-electron chi connectivity index (χ1n) is 11.1. The second-order valence-electron chi connectivity index (χ2n) is 9.19. The number of hydrogen-bond donors (Lipinski definition) is 1. The molecule has 174 valence electrons. The van der Waals surface area contributed by atoms with Crippen LogP contribution in [0.1, 0.15) is 39.2 Å².